The van der Waals surface area contributed by atoms with E-state index in [1.54, 1.807) is 22.7 Å². The van der Waals surface area contributed by atoms with Gasteiger partial charge in [0.15, 0.2) is 0 Å². The molecule has 0 aliphatic carbocycles. The number of hydrogen-bond acceptors (Lipinski definition) is 6. The third-order valence-electron chi connectivity index (χ3n) is 3.93. The van der Waals surface area contributed by atoms with Crippen LogP contribution in [0.3, 0.4) is 0 Å². The molecule has 3 rings (SSSR count). The van der Waals surface area contributed by atoms with Crippen molar-refractivity contribution in [3.63, 3.8) is 0 Å². The van der Waals surface area contributed by atoms with Gasteiger partial charge >= 0.3 is 0 Å². The van der Waals surface area contributed by atoms with Crippen LogP contribution < -0.4 is 5.32 Å². The Morgan fingerprint density at radius 3 is 2.83 bits per heavy atom. The molecule has 1 aliphatic rings. The first-order valence-electron chi connectivity index (χ1n) is 7.86. The Hall–Kier alpha value is -2.12. The smallest absolute Gasteiger partial charge is 0.272 e. The predicted octanol–water partition coefficient (Wildman–Crippen LogP) is 2.54. The van der Waals surface area contributed by atoms with Gasteiger partial charge in [-0.3, -0.25) is 4.79 Å². The molecule has 0 saturated carbocycles. The highest BCUT2D eigenvalue weighted by molar-refractivity contribution is 7.98. The number of β-amino-alcohol motifs (C(OH)–C–C–N with tert-alkyl or cyclic N) is 1. The van der Waals surface area contributed by atoms with Crippen LogP contribution in [0.2, 0.25) is 0 Å². The number of piperidine rings is 1. The molecule has 0 bridgehead atoms. The van der Waals surface area contributed by atoms with E-state index in [1.165, 1.54) is 11.2 Å². The van der Waals surface area contributed by atoms with Gasteiger partial charge in [-0.15, -0.1) is 11.8 Å². The van der Waals surface area contributed by atoms with Crippen LogP contribution in [0.15, 0.2) is 41.6 Å². The monoisotopic (exact) mass is 344 g/mol. The Bertz CT molecular complexity index is 708. The van der Waals surface area contributed by atoms with Crippen molar-refractivity contribution in [3.05, 3.63) is 42.4 Å². The average molecular weight is 344 g/mol. The van der Waals surface area contributed by atoms with Crippen molar-refractivity contribution in [2.24, 2.45) is 0 Å². The Labute approximate surface area is 145 Å². The maximum atomic E-state index is 12.5. The second-order valence-corrected chi connectivity index (χ2v) is 6.57. The summed E-state index contributed by atoms with van der Waals surface area (Å²) in [5, 5.41) is 12.9. The Morgan fingerprint density at radius 2 is 2.12 bits per heavy atom. The molecule has 0 radical (unpaired) electrons. The Morgan fingerprint density at radius 1 is 1.33 bits per heavy atom. The number of amides is 1. The molecule has 6 nitrogen and oxygen atoms in total. The molecular weight excluding hydrogens is 324 g/mol. The number of nitrogens with one attached hydrogen (secondary N) is 1. The highest BCUT2D eigenvalue weighted by atomic mass is 32.2. The molecule has 2 aromatic rings. The summed E-state index contributed by atoms with van der Waals surface area (Å²) in [5.74, 6) is 0.403. The number of carbonyl (C=O) groups excluding carboxylic acids is 1. The SMILES string of the molecule is CSc1ccc(Nc2cc(C(=O)N3CCCC(O)C3)ncn2)cc1. The zero-order valence-electron chi connectivity index (χ0n) is 13.5. The summed E-state index contributed by atoms with van der Waals surface area (Å²) >= 11 is 1.68. The minimum absolute atomic E-state index is 0.170. The number of aliphatic hydroxyl groups excluding tert-OH is 1. The highest BCUT2D eigenvalue weighted by Crippen LogP contribution is 2.20. The lowest BCUT2D eigenvalue weighted by molar-refractivity contribution is 0.0469. The summed E-state index contributed by atoms with van der Waals surface area (Å²) in [7, 11) is 0. The van der Waals surface area contributed by atoms with Gasteiger partial charge in [-0.05, 0) is 43.4 Å². The van der Waals surface area contributed by atoms with Crippen LogP contribution in [-0.2, 0) is 0 Å². The van der Waals surface area contributed by atoms with Crippen LogP contribution in [0.25, 0.3) is 0 Å². The van der Waals surface area contributed by atoms with E-state index < -0.39 is 6.10 Å². The first-order chi connectivity index (χ1) is 11.7. The molecule has 1 amide bonds. The molecule has 7 heteroatoms. The Balaban J connectivity index is 1.72. The third-order valence-corrected chi connectivity index (χ3v) is 4.68. The lowest BCUT2D eigenvalue weighted by atomic mass is 10.1. The van der Waals surface area contributed by atoms with Gasteiger partial charge in [0.2, 0.25) is 0 Å². The minimum atomic E-state index is -0.447. The number of hydrogen-bond donors (Lipinski definition) is 2. The molecule has 1 aromatic carbocycles. The second kappa shape index (κ2) is 7.63. The lowest BCUT2D eigenvalue weighted by Gasteiger charge is -2.29. The van der Waals surface area contributed by atoms with Crippen LogP contribution in [0.5, 0.6) is 0 Å². The van der Waals surface area contributed by atoms with Crippen molar-refractivity contribution < 1.29 is 9.90 Å². The number of anilines is 2. The van der Waals surface area contributed by atoms with Crippen LogP contribution in [0.1, 0.15) is 23.3 Å². The van der Waals surface area contributed by atoms with Gasteiger partial charge in [-0.25, -0.2) is 9.97 Å². The fourth-order valence-corrected chi connectivity index (χ4v) is 3.07. The molecule has 2 N–H and O–H groups in total. The van der Waals surface area contributed by atoms with E-state index in [1.807, 2.05) is 30.5 Å². The van der Waals surface area contributed by atoms with E-state index >= 15 is 0 Å². The fourth-order valence-electron chi connectivity index (χ4n) is 2.67. The zero-order valence-corrected chi connectivity index (χ0v) is 14.3. The quantitative estimate of drug-likeness (QED) is 0.830. The summed E-state index contributed by atoms with van der Waals surface area (Å²) in [4.78, 5) is 23.6. The van der Waals surface area contributed by atoms with Crippen molar-refractivity contribution in [2.75, 3.05) is 24.7 Å². The standard InChI is InChI=1S/C17H20N4O2S/c1-24-14-6-4-12(5-7-14)20-16-9-15(18-11-19-16)17(23)21-8-2-3-13(22)10-21/h4-7,9,11,13,22H,2-3,8,10H2,1H3,(H,18,19,20). The number of nitrogens with zero attached hydrogens (tertiary/aromatic N) is 3. The summed E-state index contributed by atoms with van der Waals surface area (Å²) in [6.07, 6.45) is 4.52. The summed E-state index contributed by atoms with van der Waals surface area (Å²) in [6.45, 7) is 1.01. The van der Waals surface area contributed by atoms with E-state index in [2.05, 4.69) is 15.3 Å². The molecule has 2 heterocycles. The summed E-state index contributed by atoms with van der Waals surface area (Å²) in [6, 6.07) is 9.63. The number of aromatic nitrogens is 2. The van der Waals surface area contributed by atoms with Gasteiger partial charge in [0, 0.05) is 29.7 Å². The summed E-state index contributed by atoms with van der Waals surface area (Å²) in [5.41, 5.74) is 1.24. The van der Waals surface area contributed by atoms with Crippen molar-refractivity contribution in [2.45, 2.75) is 23.8 Å². The molecule has 1 unspecified atom stereocenters. The van der Waals surface area contributed by atoms with Crippen molar-refractivity contribution in [1.82, 2.24) is 14.9 Å². The van der Waals surface area contributed by atoms with Crippen molar-refractivity contribution >= 4 is 29.2 Å². The van der Waals surface area contributed by atoms with Gasteiger partial charge in [0.25, 0.3) is 5.91 Å². The normalized spacial score (nSPS) is 17.6. The molecule has 0 spiro atoms. The first-order valence-corrected chi connectivity index (χ1v) is 9.08. The number of thioether (sulfide) groups is 1. The first kappa shape index (κ1) is 16.7. The minimum Gasteiger partial charge on any atom is -0.391 e. The summed E-state index contributed by atoms with van der Waals surface area (Å²) < 4.78 is 0. The molecule has 1 saturated heterocycles. The van der Waals surface area contributed by atoms with Gasteiger partial charge in [0.1, 0.15) is 17.8 Å². The molecule has 1 atom stereocenters. The van der Waals surface area contributed by atoms with Gasteiger partial charge in [0.05, 0.1) is 6.10 Å². The highest BCUT2D eigenvalue weighted by Gasteiger charge is 2.24. The number of likely N-dealkylation sites (tertiary alicyclic amines) is 1. The number of rotatable bonds is 4. The average Bonchev–Trinajstić information content (AvgIpc) is 2.62. The predicted molar refractivity (Wildman–Crippen MR) is 94.7 cm³/mol. The van der Waals surface area contributed by atoms with Crippen LogP contribution >= 0.6 is 11.8 Å². The molecular formula is C17H20N4O2S. The maximum absolute atomic E-state index is 12.5. The largest absolute Gasteiger partial charge is 0.391 e. The van der Waals surface area contributed by atoms with Gasteiger partial charge < -0.3 is 15.3 Å². The van der Waals surface area contributed by atoms with E-state index in [-0.39, 0.29) is 5.91 Å². The maximum Gasteiger partial charge on any atom is 0.272 e. The third kappa shape index (κ3) is 4.04. The number of benzene rings is 1. The topological polar surface area (TPSA) is 78.4 Å². The van der Waals surface area contributed by atoms with Gasteiger partial charge in [-0.2, -0.15) is 0 Å². The number of carbonyl (C=O) groups is 1. The zero-order chi connectivity index (χ0) is 16.9. The molecule has 1 aromatic heterocycles. The lowest BCUT2D eigenvalue weighted by Crippen LogP contribution is -2.42. The van der Waals surface area contributed by atoms with Crippen molar-refractivity contribution in [3.8, 4) is 0 Å². The fraction of sp³-hybridized carbons (Fsp3) is 0.353. The molecule has 1 aliphatic heterocycles. The molecule has 1 fully saturated rings. The van der Waals surface area contributed by atoms with Crippen molar-refractivity contribution in [1.29, 1.82) is 0 Å². The van der Waals surface area contributed by atoms with E-state index in [0.717, 1.165) is 18.5 Å². The van der Waals surface area contributed by atoms with E-state index in [0.29, 0.717) is 24.6 Å². The Kier molecular flexibility index (Phi) is 5.32. The number of aliphatic hydroxyl groups is 1. The second-order valence-electron chi connectivity index (χ2n) is 5.69. The van der Waals surface area contributed by atoms with Gasteiger partial charge in [-0.1, -0.05) is 0 Å². The van der Waals surface area contributed by atoms with Crippen LogP contribution in [0, 0.1) is 0 Å². The van der Waals surface area contributed by atoms with E-state index in [9.17, 15) is 9.90 Å². The molecule has 126 valence electrons. The van der Waals surface area contributed by atoms with E-state index in [4.69, 9.17) is 0 Å². The van der Waals surface area contributed by atoms with Crippen LogP contribution in [-0.4, -0.2) is 51.3 Å². The molecule has 24 heavy (non-hydrogen) atoms. The van der Waals surface area contributed by atoms with Crippen LogP contribution in [0.4, 0.5) is 11.5 Å².